The molecule has 1 aliphatic rings. The third kappa shape index (κ3) is 3.47. The van der Waals surface area contributed by atoms with E-state index in [1.165, 1.54) is 6.08 Å². The molecule has 0 radical (unpaired) electrons. The van der Waals surface area contributed by atoms with Crippen molar-refractivity contribution in [1.29, 1.82) is 0 Å². The highest BCUT2D eigenvalue weighted by molar-refractivity contribution is 6.02. The third-order valence-corrected chi connectivity index (χ3v) is 2.90. The Morgan fingerprint density at radius 1 is 1.25 bits per heavy atom. The molecule has 0 atom stereocenters. The van der Waals surface area contributed by atoms with E-state index in [1.54, 1.807) is 6.07 Å². The molecule has 0 saturated carbocycles. The van der Waals surface area contributed by atoms with Gasteiger partial charge in [-0.2, -0.15) is 0 Å². The van der Waals surface area contributed by atoms with Crippen molar-refractivity contribution in [3.05, 3.63) is 41.5 Å². The number of amides is 1. The molecule has 2 rings (SSSR count). The molecule has 20 heavy (non-hydrogen) atoms. The van der Waals surface area contributed by atoms with Crippen LogP contribution in [0, 0.1) is 0 Å². The van der Waals surface area contributed by atoms with Gasteiger partial charge in [-0.1, -0.05) is 18.2 Å². The van der Waals surface area contributed by atoms with Gasteiger partial charge >= 0.3 is 5.97 Å². The minimum Gasteiger partial charge on any atom is -0.457 e. The summed E-state index contributed by atoms with van der Waals surface area (Å²) in [7, 11) is 0. The van der Waals surface area contributed by atoms with Crippen molar-refractivity contribution in [3.8, 4) is 0 Å². The van der Waals surface area contributed by atoms with Crippen LogP contribution in [-0.2, 0) is 9.53 Å². The summed E-state index contributed by atoms with van der Waals surface area (Å²) in [6.45, 7) is 6.00. The average molecular weight is 273 g/mol. The van der Waals surface area contributed by atoms with Crippen LogP contribution in [0.2, 0.25) is 0 Å². The first kappa shape index (κ1) is 14.3. The Labute approximate surface area is 118 Å². The number of rotatable bonds is 1. The van der Waals surface area contributed by atoms with E-state index >= 15 is 0 Å². The molecule has 0 fully saturated rings. The fourth-order valence-electron chi connectivity index (χ4n) is 2.13. The Kier molecular flexibility index (Phi) is 3.93. The van der Waals surface area contributed by atoms with Gasteiger partial charge in [0, 0.05) is 18.2 Å². The normalized spacial score (nSPS) is 17.1. The number of fused-ring (bicyclic) bond motifs is 1. The molecular weight excluding hydrogens is 254 g/mol. The molecule has 1 amide bonds. The predicted molar refractivity (Wildman–Crippen MR) is 77.2 cm³/mol. The summed E-state index contributed by atoms with van der Waals surface area (Å²) in [5.41, 5.74) is 1.70. The number of hydrogen-bond acceptors (Lipinski definition) is 3. The van der Waals surface area contributed by atoms with Crippen LogP contribution in [0.5, 0.6) is 0 Å². The van der Waals surface area contributed by atoms with Crippen molar-refractivity contribution in [3.63, 3.8) is 0 Å². The minimum atomic E-state index is -0.521. The van der Waals surface area contributed by atoms with Crippen LogP contribution in [0.15, 0.2) is 30.3 Å². The lowest BCUT2D eigenvalue weighted by Crippen LogP contribution is -2.23. The summed E-state index contributed by atoms with van der Waals surface area (Å²) < 4.78 is 5.30. The summed E-state index contributed by atoms with van der Waals surface area (Å²) in [5, 5.41) is 2.82. The maximum absolute atomic E-state index is 11.9. The standard InChI is InChI=1S/C16H19NO3/c1-16(2,3)20-14(18)10-11-8-9-17-15(19)13-7-5-4-6-12(11)13/h4-7,10H,8-9H2,1-3H3,(H,17,19). The molecular formula is C16H19NO3. The molecule has 1 aliphatic heterocycles. The molecule has 1 heterocycles. The molecule has 0 saturated heterocycles. The van der Waals surface area contributed by atoms with Gasteiger partial charge in [0.25, 0.3) is 5.91 Å². The van der Waals surface area contributed by atoms with Gasteiger partial charge < -0.3 is 10.1 Å². The summed E-state index contributed by atoms with van der Waals surface area (Å²) in [6, 6.07) is 7.30. The van der Waals surface area contributed by atoms with E-state index in [9.17, 15) is 9.59 Å². The monoisotopic (exact) mass is 273 g/mol. The van der Waals surface area contributed by atoms with E-state index in [1.807, 2.05) is 39.0 Å². The largest absolute Gasteiger partial charge is 0.457 e. The van der Waals surface area contributed by atoms with Crippen LogP contribution in [0.1, 0.15) is 43.1 Å². The number of carbonyl (C=O) groups is 2. The molecule has 0 spiro atoms. The van der Waals surface area contributed by atoms with Gasteiger partial charge in [-0.3, -0.25) is 4.79 Å². The minimum absolute atomic E-state index is 0.104. The highest BCUT2D eigenvalue weighted by atomic mass is 16.6. The molecule has 4 nitrogen and oxygen atoms in total. The third-order valence-electron chi connectivity index (χ3n) is 2.90. The van der Waals surface area contributed by atoms with E-state index in [0.29, 0.717) is 18.5 Å². The second-order valence-corrected chi connectivity index (χ2v) is 5.75. The Hall–Kier alpha value is -2.10. The van der Waals surface area contributed by atoms with Crippen LogP contribution in [0.25, 0.3) is 5.57 Å². The van der Waals surface area contributed by atoms with Gasteiger partial charge in [0.2, 0.25) is 0 Å². The molecule has 4 heteroatoms. The van der Waals surface area contributed by atoms with E-state index in [2.05, 4.69) is 5.32 Å². The lowest BCUT2D eigenvalue weighted by Gasteiger charge is -2.18. The first-order valence-electron chi connectivity index (χ1n) is 6.68. The molecule has 1 aromatic carbocycles. The van der Waals surface area contributed by atoms with Crippen molar-refractivity contribution in [2.24, 2.45) is 0 Å². The summed E-state index contributed by atoms with van der Waals surface area (Å²) in [4.78, 5) is 23.8. The van der Waals surface area contributed by atoms with Crippen LogP contribution in [0.4, 0.5) is 0 Å². The highest BCUT2D eigenvalue weighted by Gasteiger charge is 2.20. The predicted octanol–water partition coefficient (Wildman–Crippen LogP) is 2.55. The van der Waals surface area contributed by atoms with E-state index in [4.69, 9.17) is 4.74 Å². The Morgan fingerprint density at radius 3 is 2.55 bits per heavy atom. The molecule has 106 valence electrons. The quantitative estimate of drug-likeness (QED) is 0.632. The number of esters is 1. The smallest absolute Gasteiger partial charge is 0.331 e. The number of hydrogen-bond donors (Lipinski definition) is 1. The molecule has 0 aromatic heterocycles. The lowest BCUT2D eigenvalue weighted by atomic mass is 9.98. The van der Waals surface area contributed by atoms with Crippen molar-refractivity contribution in [1.82, 2.24) is 5.32 Å². The summed E-state index contributed by atoms with van der Waals surface area (Å²) in [6.07, 6.45) is 2.10. The van der Waals surface area contributed by atoms with Crippen molar-refractivity contribution < 1.29 is 14.3 Å². The molecule has 0 unspecified atom stereocenters. The van der Waals surface area contributed by atoms with E-state index in [0.717, 1.165) is 11.1 Å². The zero-order valence-corrected chi connectivity index (χ0v) is 12.0. The van der Waals surface area contributed by atoms with Gasteiger partial charge in [0.15, 0.2) is 0 Å². The Bertz CT molecular complexity index is 567. The fourth-order valence-corrected chi connectivity index (χ4v) is 2.13. The van der Waals surface area contributed by atoms with Crippen LogP contribution in [-0.4, -0.2) is 24.0 Å². The van der Waals surface area contributed by atoms with Gasteiger partial charge in [0.05, 0.1) is 0 Å². The molecule has 1 aromatic rings. The first-order valence-corrected chi connectivity index (χ1v) is 6.68. The zero-order chi connectivity index (χ0) is 14.8. The number of ether oxygens (including phenoxy) is 1. The van der Waals surface area contributed by atoms with Crippen molar-refractivity contribution in [2.75, 3.05) is 6.54 Å². The Morgan fingerprint density at radius 2 is 1.90 bits per heavy atom. The second-order valence-electron chi connectivity index (χ2n) is 5.75. The lowest BCUT2D eigenvalue weighted by molar-refractivity contribution is -0.148. The van der Waals surface area contributed by atoms with Crippen molar-refractivity contribution in [2.45, 2.75) is 32.8 Å². The molecule has 1 N–H and O–H groups in total. The Balaban J connectivity index is 2.34. The zero-order valence-electron chi connectivity index (χ0n) is 12.0. The van der Waals surface area contributed by atoms with Gasteiger partial charge in [-0.25, -0.2) is 4.79 Å². The maximum Gasteiger partial charge on any atom is 0.331 e. The topological polar surface area (TPSA) is 55.4 Å². The average Bonchev–Trinajstić information content (AvgIpc) is 2.49. The van der Waals surface area contributed by atoms with E-state index in [-0.39, 0.29) is 11.9 Å². The summed E-state index contributed by atoms with van der Waals surface area (Å²) in [5.74, 6) is -0.482. The number of carbonyl (C=O) groups excluding carboxylic acids is 2. The van der Waals surface area contributed by atoms with Crippen LogP contribution >= 0.6 is 0 Å². The molecule has 0 bridgehead atoms. The number of nitrogens with one attached hydrogen (secondary N) is 1. The van der Waals surface area contributed by atoms with Gasteiger partial charge in [0.1, 0.15) is 5.60 Å². The van der Waals surface area contributed by atoms with Gasteiger partial charge in [-0.05, 0) is 44.4 Å². The van der Waals surface area contributed by atoms with E-state index < -0.39 is 5.60 Å². The van der Waals surface area contributed by atoms with Crippen molar-refractivity contribution >= 4 is 17.4 Å². The first-order chi connectivity index (χ1) is 9.37. The number of benzene rings is 1. The fraction of sp³-hybridized carbons (Fsp3) is 0.375. The summed E-state index contributed by atoms with van der Waals surface area (Å²) >= 11 is 0. The maximum atomic E-state index is 11.9. The second kappa shape index (κ2) is 5.49. The van der Waals surface area contributed by atoms with Gasteiger partial charge in [-0.15, -0.1) is 0 Å². The molecule has 0 aliphatic carbocycles. The highest BCUT2D eigenvalue weighted by Crippen LogP contribution is 2.25. The van der Waals surface area contributed by atoms with Crippen LogP contribution < -0.4 is 5.32 Å². The SMILES string of the molecule is CC(C)(C)OC(=O)C=C1CCNC(=O)c2ccccc21. The van der Waals surface area contributed by atoms with Crippen LogP contribution in [0.3, 0.4) is 0 Å².